The first kappa shape index (κ1) is 32.9. The number of hydrogen-bond donors (Lipinski definition) is 3. The van der Waals surface area contributed by atoms with Crippen LogP contribution in [0.4, 0.5) is 0 Å². The molecule has 0 radical (unpaired) electrons. The van der Waals surface area contributed by atoms with E-state index in [1.165, 1.54) is 0 Å². The average molecular weight is 598 g/mol. The summed E-state index contributed by atoms with van der Waals surface area (Å²) in [6.45, 7) is 11.2. The molecule has 3 aliphatic carbocycles. The molecule has 4 N–H and O–H groups in total. The van der Waals surface area contributed by atoms with Crippen molar-refractivity contribution in [2.45, 2.75) is 104 Å². The molecule has 1 aromatic rings. The number of amides is 1. The molecule has 5 rings (SSSR count). The first-order chi connectivity index (χ1) is 20.3. The van der Waals surface area contributed by atoms with Crippen molar-refractivity contribution >= 4 is 24.8 Å². The molecule has 2 bridgehead atoms. The zero-order chi connectivity index (χ0) is 31.4. The van der Waals surface area contributed by atoms with Gasteiger partial charge in [0, 0.05) is 25.3 Å². The van der Waals surface area contributed by atoms with E-state index in [0.717, 1.165) is 18.4 Å². The Kier molecular flexibility index (Phi) is 10.5. The fourth-order valence-corrected chi connectivity index (χ4v) is 7.41. The van der Waals surface area contributed by atoms with Crippen LogP contribution < -0.4 is 16.5 Å². The van der Waals surface area contributed by atoms with Crippen molar-refractivity contribution in [1.29, 1.82) is 0 Å². The van der Waals surface area contributed by atoms with Crippen molar-refractivity contribution in [1.82, 2.24) is 10.7 Å². The van der Waals surface area contributed by atoms with Gasteiger partial charge in [0.05, 0.1) is 17.6 Å². The monoisotopic (exact) mass is 597 g/mol. The van der Waals surface area contributed by atoms with Gasteiger partial charge >= 0.3 is 7.12 Å². The number of Topliss-reactive ketones (excluding diaryl/α,β-unsaturated/α-hetero) is 1. The smallest absolute Gasteiger partial charge is 0.404 e. The van der Waals surface area contributed by atoms with Crippen molar-refractivity contribution in [2.24, 2.45) is 39.8 Å². The van der Waals surface area contributed by atoms with Gasteiger partial charge in [0.1, 0.15) is 5.78 Å². The summed E-state index contributed by atoms with van der Waals surface area (Å²) >= 11 is 0. The van der Waals surface area contributed by atoms with Gasteiger partial charge in [-0.2, -0.15) is 0 Å². The minimum atomic E-state index is -0.774. The Morgan fingerprint density at radius 3 is 2.58 bits per heavy atom. The average Bonchev–Trinajstić information content (AvgIpc) is 3.30. The Morgan fingerprint density at radius 2 is 1.93 bits per heavy atom. The second-order valence-corrected chi connectivity index (χ2v) is 13.8. The number of ketones is 1. The van der Waals surface area contributed by atoms with E-state index in [0.29, 0.717) is 43.9 Å². The summed E-state index contributed by atoms with van der Waals surface area (Å²) in [5, 5.41) is 13.0. The molecule has 0 unspecified atom stereocenters. The lowest BCUT2D eigenvalue weighted by atomic mass is 9.43. The second-order valence-electron chi connectivity index (χ2n) is 13.8. The van der Waals surface area contributed by atoms with Crippen LogP contribution in [0.25, 0.3) is 0 Å². The number of hydrogen-bond acceptors (Lipinski definition) is 7. The van der Waals surface area contributed by atoms with Gasteiger partial charge in [0.25, 0.3) is 5.96 Å². The maximum atomic E-state index is 13.8. The maximum absolute atomic E-state index is 13.8. The molecule has 1 heterocycles. The first-order valence-electron chi connectivity index (χ1n) is 15.7. The van der Waals surface area contributed by atoms with Gasteiger partial charge in [-0.25, -0.2) is 15.1 Å². The molecule has 12 heteroatoms. The molecule has 4 fully saturated rings. The molecule has 3 saturated carbocycles. The van der Waals surface area contributed by atoms with E-state index in [9.17, 15) is 19.7 Å². The molecular weight excluding hydrogens is 549 g/mol. The van der Waals surface area contributed by atoms with E-state index in [2.05, 4.69) is 44.9 Å². The van der Waals surface area contributed by atoms with Crippen molar-refractivity contribution in [3.8, 4) is 0 Å². The summed E-state index contributed by atoms with van der Waals surface area (Å²) in [4.78, 5) is 41.4. The number of hydrazine groups is 1. The third-order valence-corrected chi connectivity index (χ3v) is 9.93. The predicted molar refractivity (Wildman–Crippen MR) is 165 cm³/mol. The quantitative estimate of drug-likeness (QED) is 0.0687. The van der Waals surface area contributed by atoms with Crippen LogP contribution in [0, 0.1) is 39.2 Å². The van der Waals surface area contributed by atoms with Crippen LogP contribution in [0.5, 0.6) is 0 Å². The summed E-state index contributed by atoms with van der Waals surface area (Å²) in [6.07, 6.45) is 4.68. The molecule has 1 aromatic carbocycles. The van der Waals surface area contributed by atoms with E-state index < -0.39 is 18.1 Å². The topological polar surface area (TPSA) is 158 Å². The Balaban J connectivity index is 1.42. The standard InChI is InChI=1S/C31H48BN5O6/c1-20(2)16-27(32-42-26-19-23-18-25(30(23,3)4)31(26,5)43-32)35-28(39)22(12-9-15-34-29(33)36-37(40)41)17-24(38)14-13-21-10-7-6-8-11-21/h6-8,10-11,20,22-23,25-27H,9,12-19H2,1-5H3,(H,35,39)(H3,33,34,36)/t22-,23-,25-,26-,27+,31+/m1/s1. The molecular formula is C31H48BN5O6. The highest BCUT2D eigenvalue weighted by atomic mass is 16.7. The lowest BCUT2D eigenvalue weighted by molar-refractivity contribution is -0.525. The van der Waals surface area contributed by atoms with Gasteiger partial charge in [-0.05, 0) is 74.2 Å². The normalized spacial score (nSPS) is 27.2. The number of nitrogens with zero attached hydrogens (tertiary/aromatic N) is 2. The molecule has 6 atom stereocenters. The molecule has 43 heavy (non-hydrogen) atoms. The van der Waals surface area contributed by atoms with E-state index in [1.54, 1.807) is 0 Å². The molecule has 0 spiro atoms. The number of carbonyl (C=O) groups excluding carboxylic acids is 2. The van der Waals surface area contributed by atoms with Gasteiger partial charge in [-0.15, -0.1) is 0 Å². The molecule has 236 valence electrons. The number of nitro groups is 1. The van der Waals surface area contributed by atoms with Crippen molar-refractivity contribution in [3.63, 3.8) is 0 Å². The Bertz CT molecular complexity index is 1180. The Labute approximate surface area is 255 Å². The van der Waals surface area contributed by atoms with Crippen LogP contribution in [-0.4, -0.2) is 54.0 Å². The molecule has 4 aliphatic rings. The third-order valence-electron chi connectivity index (χ3n) is 9.93. The fourth-order valence-electron chi connectivity index (χ4n) is 7.41. The van der Waals surface area contributed by atoms with Gasteiger partial charge < -0.3 is 20.4 Å². The molecule has 1 saturated heterocycles. The van der Waals surface area contributed by atoms with Gasteiger partial charge in [0.15, 0.2) is 5.03 Å². The van der Waals surface area contributed by atoms with Gasteiger partial charge in [0.2, 0.25) is 5.91 Å². The minimum absolute atomic E-state index is 0.00676. The summed E-state index contributed by atoms with van der Waals surface area (Å²) in [6, 6.07) is 9.80. The number of guanidine groups is 1. The van der Waals surface area contributed by atoms with Crippen LogP contribution in [0.1, 0.15) is 85.1 Å². The van der Waals surface area contributed by atoms with Crippen LogP contribution >= 0.6 is 0 Å². The molecule has 1 amide bonds. The molecule has 1 aliphatic heterocycles. The van der Waals surface area contributed by atoms with Crippen LogP contribution in [0.15, 0.2) is 35.3 Å². The van der Waals surface area contributed by atoms with Crippen molar-refractivity contribution in [3.05, 3.63) is 46.0 Å². The van der Waals surface area contributed by atoms with Gasteiger partial charge in [-0.3, -0.25) is 9.59 Å². The second kappa shape index (κ2) is 13.8. The zero-order valence-corrected chi connectivity index (χ0v) is 26.2. The molecule has 11 nitrogen and oxygen atoms in total. The van der Waals surface area contributed by atoms with Gasteiger partial charge in [-0.1, -0.05) is 63.5 Å². The lowest BCUT2D eigenvalue weighted by Gasteiger charge is -2.64. The van der Waals surface area contributed by atoms with Crippen LogP contribution in [0.2, 0.25) is 0 Å². The summed E-state index contributed by atoms with van der Waals surface area (Å²) in [5.74, 6) is -0.105. The highest BCUT2D eigenvalue weighted by Crippen LogP contribution is 2.65. The predicted octanol–water partition coefficient (Wildman–Crippen LogP) is 3.87. The number of aryl methyl sites for hydroxylation is 1. The Hall–Kier alpha value is -2.99. The van der Waals surface area contributed by atoms with Crippen LogP contribution in [0.3, 0.4) is 0 Å². The molecule has 0 aromatic heterocycles. The lowest BCUT2D eigenvalue weighted by Crippen LogP contribution is -2.65. The van der Waals surface area contributed by atoms with E-state index in [-0.39, 0.29) is 59.6 Å². The maximum Gasteiger partial charge on any atom is 0.481 e. The summed E-state index contributed by atoms with van der Waals surface area (Å²) in [7, 11) is -0.552. The number of aliphatic imine (C=N–C) groups is 1. The number of nitrogens with one attached hydrogen (secondary N) is 2. The SMILES string of the molecule is CC(C)C[C@H](NC(=O)[C@H](CCCN=C(N)N[N+](=O)[O-])CC(=O)CCc1ccccc1)B1O[C@@H]2C[C@H]3C[C@H](C3(C)C)[C@]2(C)O1. The van der Waals surface area contributed by atoms with Crippen molar-refractivity contribution < 1.29 is 23.9 Å². The number of benzene rings is 1. The van der Waals surface area contributed by atoms with Crippen molar-refractivity contribution in [2.75, 3.05) is 6.54 Å². The fraction of sp³-hybridized carbons (Fsp3) is 0.710. The number of carbonyl (C=O) groups is 2. The highest BCUT2D eigenvalue weighted by molar-refractivity contribution is 6.47. The first-order valence-corrected chi connectivity index (χ1v) is 15.7. The Morgan fingerprint density at radius 1 is 1.21 bits per heavy atom. The largest absolute Gasteiger partial charge is 0.481 e. The summed E-state index contributed by atoms with van der Waals surface area (Å²) in [5.41, 5.74) is 8.26. The van der Waals surface area contributed by atoms with Crippen LogP contribution in [-0.2, 0) is 25.3 Å². The number of nitrogens with two attached hydrogens (primary N) is 1. The van der Waals surface area contributed by atoms with E-state index in [4.69, 9.17) is 15.0 Å². The number of rotatable bonds is 15. The highest BCUT2D eigenvalue weighted by Gasteiger charge is 2.68. The minimum Gasteiger partial charge on any atom is -0.404 e. The third kappa shape index (κ3) is 7.95. The summed E-state index contributed by atoms with van der Waals surface area (Å²) < 4.78 is 13.2. The van der Waals surface area contributed by atoms with E-state index >= 15 is 0 Å². The zero-order valence-electron chi connectivity index (χ0n) is 26.2. The van der Waals surface area contributed by atoms with E-state index in [1.807, 2.05) is 35.8 Å².